The van der Waals surface area contributed by atoms with Gasteiger partial charge in [0.25, 0.3) is 0 Å². The molecule has 0 N–H and O–H groups in total. The SMILES string of the molecule is CCOc1cc(N(CC)CC)ccc1Br. The Morgan fingerprint density at radius 2 is 1.87 bits per heavy atom. The Labute approximate surface area is 100 Å². The van der Waals surface area contributed by atoms with E-state index in [1.807, 2.05) is 13.0 Å². The summed E-state index contributed by atoms with van der Waals surface area (Å²) in [6, 6.07) is 6.23. The van der Waals surface area contributed by atoms with Crippen LogP contribution in [0.2, 0.25) is 0 Å². The first-order valence-electron chi connectivity index (χ1n) is 5.40. The largest absolute Gasteiger partial charge is 0.493 e. The normalized spacial score (nSPS) is 10.1. The van der Waals surface area contributed by atoms with Gasteiger partial charge in [-0.25, -0.2) is 0 Å². The fourth-order valence-corrected chi connectivity index (χ4v) is 1.90. The van der Waals surface area contributed by atoms with Crippen LogP contribution in [0.25, 0.3) is 0 Å². The molecule has 0 spiro atoms. The molecular weight excluding hydrogens is 254 g/mol. The minimum absolute atomic E-state index is 0.695. The van der Waals surface area contributed by atoms with E-state index in [2.05, 4.69) is 46.8 Å². The van der Waals surface area contributed by atoms with Crippen LogP contribution in [0.15, 0.2) is 22.7 Å². The molecule has 1 rings (SSSR count). The van der Waals surface area contributed by atoms with Crippen LogP contribution >= 0.6 is 15.9 Å². The van der Waals surface area contributed by atoms with Gasteiger partial charge in [0.1, 0.15) is 5.75 Å². The maximum absolute atomic E-state index is 5.54. The van der Waals surface area contributed by atoms with E-state index in [9.17, 15) is 0 Å². The van der Waals surface area contributed by atoms with Gasteiger partial charge in [0.2, 0.25) is 0 Å². The number of hydrogen-bond donors (Lipinski definition) is 0. The van der Waals surface area contributed by atoms with E-state index in [0.29, 0.717) is 6.61 Å². The maximum atomic E-state index is 5.54. The zero-order chi connectivity index (χ0) is 11.3. The van der Waals surface area contributed by atoms with Crippen molar-refractivity contribution in [3.63, 3.8) is 0 Å². The molecular formula is C12H18BrNO. The third kappa shape index (κ3) is 3.13. The number of nitrogens with zero attached hydrogens (tertiary/aromatic N) is 1. The first-order chi connectivity index (χ1) is 7.22. The highest BCUT2D eigenvalue weighted by Crippen LogP contribution is 2.29. The number of anilines is 1. The average Bonchev–Trinajstić information content (AvgIpc) is 2.25. The molecule has 0 aliphatic heterocycles. The summed E-state index contributed by atoms with van der Waals surface area (Å²) in [5.41, 5.74) is 1.21. The fourth-order valence-electron chi connectivity index (χ4n) is 1.54. The smallest absolute Gasteiger partial charge is 0.135 e. The number of hydrogen-bond acceptors (Lipinski definition) is 2. The Balaban J connectivity index is 2.95. The lowest BCUT2D eigenvalue weighted by atomic mass is 10.2. The summed E-state index contributed by atoms with van der Waals surface area (Å²) in [6.07, 6.45) is 0. The molecule has 0 fully saturated rings. The quantitative estimate of drug-likeness (QED) is 0.810. The molecule has 3 heteroatoms. The predicted molar refractivity (Wildman–Crippen MR) is 68.9 cm³/mol. The highest BCUT2D eigenvalue weighted by atomic mass is 79.9. The second-order valence-corrected chi connectivity index (χ2v) is 4.07. The van der Waals surface area contributed by atoms with Crippen LogP contribution in [0.4, 0.5) is 5.69 Å². The molecule has 0 unspecified atom stereocenters. The molecule has 2 nitrogen and oxygen atoms in total. The van der Waals surface area contributed by atoms with Crippen LogP contribution < -0.4 is 9.64 Å². The van der Waals surface area contributed by atoms with E-state index in [1.54, 1.807) is 0 Å². The molecule has 0 bridgehead atoms. The maximum Gasteiger partial charge on any atom is 0.135 e. The van der Waals surface area contributed by atoms with E-state index in [1.165, 1.54) is 5.69 Å². The molecule has 0 aliphatic rings. The molecule has 0 aromatic heterocycles. The van der Waals surface area contributed by atoms with Gasteiger partial charge in [-0.05, 0) is 48.8 Å². The molecule has 0 radical (unpaired) electrons. The molecule has 15 heavy (non-hydrogen) atoms. The van der Waals surface area contributed by atoms with E-state index < -0.39 is 0 Å². The molecule has 0 heterocycles. The zero-order valence-electron chi connectivity index (χ0n) is 9.59. The Morgan fingerprint density at radius 1 is 1.20 bits per heavy atom. The summed E-state index contributed by atoms with van der Waals surface area (Å²) in [5.74, 6) is 0.918. The van der Waals surface area contributed by atoms with Crippen molar-refractivity contribution in [1.29, 1.82) is 0 Å². The van der Waals surface area contributed by atoms with Gasteiger partial charge in [-0.1, -0.05) is 0 Å². The van der Waals surface area contributed by atoms with Gasteiger partial charge in [0, 0.05) is 24.8 Å². The zero-order valence-corrected chi connectivity index (χ0v) is 11.2. The standard InChI is InChI=1S/C12H18BrNO/c1-4-14(5-2)10-7-8-11(13)12(9-10)15-6-3/h7-9H,4-6H2,1-3H3. The van der Waals surface area contributed by atoms with Crippen molar-refractivity contribution in [2.75, 3.05) is 24.6 Å². The number of ether oxygens (including phenoxy) is 1. The fraction of sp³-hybridized carbons (Fsp3) is 0.500. The molecule has 1 aromatic rings. The van der Waals surface area contributed by atoms with E-state index in [0.717, 1.165) is 23.3 Å². The van der Waals surface area contributed by atoms with Gasteiger partial charge in [-0.15, -0.1) is 0 Å². The van der Waals surface area contributed by atoms with Crippen LogP contribution in [-0.2, 0) is 0 Å². The lowest BCUT2D eigenvalue weighted by Crippen LogP contribution is -2.21. The minimum atomic E-state index is 0.695. The molecule has 84 valence electrons. The molecule has 0 atom stereocenters. The van der Waals surface area contributed by atoms with Crippen molar-refractivity contribution in [3.8, 4) is 5.75 Å². The lowest BCUT2D eigenvalue weighted by molar-refractivity contribution is 0.338. The summed E-state index contributed by atoms with van der Waals surface area (Å²) in [5, 5.41) is 0. The van der Waals surface area contributed by atoms with Gasteiger partial charge >= 0.3 is 0 Å². The third-order valence-electron chi connectivity index (χ3n) is 2.34. The van der Waals surface area contributed by atoms with Crippen molar-refractivity contribution in [2.45, 2.75) is 20.8 Å². The van der Waals surface area contributed by atoms with Gasteiger partial charge < -0.3 is 9.64 Å². The number of rotatable bonds is 5. The van der Waals surface area contributed by atoms with Crippen LogP contribution in [-0.4, -0.2) is 19.7 Å². The Bertz CT molecular complexity index is 310. The second kappa shape index (κ2) is 6.01. The van der Waals surface area contributed by atoms with Crippen LogP contribution in [0.3, 0.4) is 0 Å². The van der Waals surface area contributed by atoms with Gasteiger partial charge in [0.05, 0.1) is 11.1 Å². The molecule has 0 amide bonds. The molecule has 0 saturated heterocycles. The Morgan fingerprint density at radius 3 is 2.40 bits per heavy atom. The highest BCUT2D eigenvalue weighted by Gasteiger charge is 2.06. The molecule has 0 saturated carbocycles. The van der Waals surface area contributed by atoms with Crippen molar-refractivity contribution >= 4 is 21.6 Å². The predicted octanol–water partition coefficient (Wildman–Crippen LogP) is 3.69. The van der Waals surface area contributed by atoms with E-state index >= 15 is 0 Å². The molecule has 0 aliphatic carbocycles. The van der Waals surface area contributed by atoms with Crippen molar-refractivity contribution in [2.24, 2.45) is 0 Å². The summed E-state index contributed by atoms with van der Waals surface area (Å²) in [7, 11) is 0. The summed E-state index contributed by atoms with van der Waals surface area (Å²) >= 11 is 3.48. The topological polar surface area (TPSA) is 12.5 Å². The third-order valence-corrected chi connectivity index (χ3v) is 3.00. The van der Waals surface area contributed by atoms with Crippen molar-refractivity contribution in [3.05, 3.63) is 22.7 Å². The second-order valence-electron chi connectivity index (χ2n) is 3.22. The monoisotopic (exact) mass is 271 g/mol. The van der Waals surface area contributed by atoms with Gasteiger partial charge in [-0.3, -0.25) is 0 Å². The van der Waals surface area contributed by atoms with Crippen LogP contribution in [0.5, 0.6) is 5.75 Å². The first kappa shape index (κ1) is 12.4. The van der Waals surface area contributed by atoms with E-state index in [-0.39, 0.29) is 0 Å². The Hall–Kier alpha value is -0.700. The van der Waals surface area contributed by atoms with Gasteiger partial charge in [0.15, 0.2) is 0 Å². The number of halogens is 1. The van der Waals surface area contributed by atoms with Gasteiger partial charge in [-0.2, -0.15) is 0 Å². The van der Waals surface area contributed by atoms with Crippen molar-refractivity contribution < 1.29 is 4.74 Å². The van der Waals surface area contributed by atoms with Crippen molar-refractivity contribution in [1.82, 2.24) is 0 Å². The highest BCUT2D eigenvalue weighted by molar-refractivity contribution is 9.10. The summed E-state index contributed by atoms with van der Waals surface area (Å²) < 4.78 is 6.56. The van der Waals surface area contributed by atoms with Crippen LogP contribution in [0, 0.1) is 0 Å². The lowest BCUT2D eigenvalue weighted by Gasteiger charge is -2.22. The van der Waals surface area contributed by atoms with E-state index in [4.69, 9.17) is 4.74 Å². The minimum Gasteiger partial charge on any atom is -0.493 e. The first-order valence-corrected chi connectivity index (χ1v) is 6.19. The average molecular weight is 272 g/mol. The van der Waals surface area contributed by atoms with Crippen LogP contribution in [0.1, 0.15) is 20.8 Å². The Kier molecular flexibility index (Phi) is 4.95. The number of benzene rings is 1. The summed E-state index contributed by atoms with van der Waals surface area (Å²) in [4.78, 5) is 2.30. The molecule has 1 aromatic carbocycles. The summed E-state index contributed by atoms with van der Waals surface area (Å²) in [6.45, 7) is 9.04.